The van der Waals surface area contributed by atoms with Gasteiger partial charge in [-0.2, -0.15) is 4.98 Å². The van der Waals surface area contributed by atoms with Crippen molar-refractivity contribution in [2.75, 3.05) is 23.8 Å². The second-order valence-corrected chi connectivity index (χ2v) is 6.43. The second kappa shape index (κ2) is 5.93. The Hall–Kier alpha value is -1.40. The van der Waals surface area contributed by atoms with Gasteiger partial charge in [0.15, 0.2) is 0 Å². The van der Waals surface area contributed by atoms with E-state index in [1.54, 1.807) is 11.3 Å². The number of nitrogens with one attached hydrogen (secondary N) is 2. The van der Waals surface area contributed by atoms with Gasteiger partial charge in [-0.15, -0.1) is 11.3 Å². The molecule has 0 spiro atoms. The number of aliphatic hydroxyl groups excluding tert-OH is 1. The van der Waals surface area contributed by atoms with E-state index in [4.69, 9.17) is 0 Å². The first kappa shape index (κ1) is 15.0. The van der Waals surface area contributed by atoms with Crippen molar-refractivity contribution in [1.29, 1.82) is 0 Å². The van der Waals surface area contributed by atoms with Gasteiger partial charge in [-0.3, -0.25) is 0 Å². The standard InChI is InChI=1S/C14H22N4OS/c1-5-14(4,8-19)18-11-10-7-9(3)20-12(10)17-13(16-11)15-6-2/h7,19H,5-6,8H2,1-4H3,(H2,15,16,17,18). The van der Waals surface area contributed by atoms with Gasteiger partial charge in [-0.25, -0.2) is 4.98 Å². The summed E-state index contributed by atoms with van der Waals surface area (Å²) >= 11 is 1.65. The number of hydrogen-bond acceptors (Lipinski definition) is 6. The molecule has 0 aliphatic rings. The molecule has 1 unspecified atom stereocenters. The minimum absolute atomic E-state index is 0.0641. The van der Waals surface area contributed by atoms with E-state index in [9.17, 15) is 5.11 Å². The van der Waals surface area contributed by atoms with Crippen LogP contribution in [0.5, 0.6) is 0 Å². The van der Waals surface area contributed by atoms with Crippen LogP contribution in [0.2, 0.25) is 0 Å². The fraction of sp³-hybridized carbons (Fsp3) is 0.571. The van der Waals surface area contributed by atoms with Crippen molar-refractivity contribution >= 4 is 33.3 Å². The van der Waals surface area contributed by atoms with Crippen molar-refractivity contribution in [3.05, 3.63) is 10.9 Å². The first-order valence-corrected chi connectivity index (χ1v) is 7.74. The summed E-state index contributed by atoms with van der Waals surface area (Å²) in [5, 5.41) is 17.1. The van der Waals surface area contributed by atoms with E-state index >= 15 is 0 Å². The molecule has 2 aromatic heterocycles. The molecule has 0 fully saturated rings. The molecule has 0 radical (unpaired) electrons. The molecule has 2 heterocycles. The molecule has 0 saturated carbocycles. The highest BCUT2D eigenvalue weighted by Crippen LogP contribution is 2.31. The molecule has 0 bridgehead atoms. The van der Waals surface area contributed by atoms with Crippen LogP contribution in [0.4, 0.5) is 11.8 Å². The van der Waals surface area contributed by atoms with E-state index in [1.165, 1.54) is 4.88 Å². The van der Waals surface area contributed by atoms with Gasteiger partial charge in [-0.05, 0) is 33.3 Å². The molecule has 110 valence electrons. The van der Waals surface area contributed by atoms with Crippen LogP contribution in [0.25, 0.3) is 10.2 Å². The molecule has 6 heteroatoms. The minimum atomic E-state index is -0.374. The van der Waals surface area contributed by atoms with Crippen LogP contribution in [0.1, 0.15) is 32.1 Å². The molecule has 0 aliphatic carbocycles. The van der Waals surface area contributed by atoms with Crippen LogP contribution in [-0.2, 0) is 0 Å². The van der Waals surface area contributed by atoms with E-state index in [2.05, 4.69) is 33.6 Å². The quantitative estimate of drug-likeness (QED) is 0.764. The largest absolute Gasteiger partial charge is 0.394 e. The maximum atomic E-state index is 9.58. The lowest BCUT2D eigenvalue weighted by atomic mass is 10.0. The molecule has 2 aromatic rings. The molecule has 2 rings (SSSR count). The zero-order valence-electron chi connectivity index (χ0n) is 12.4. The Kier molecular flexibility index (Phi) is 4.45. The molecular weight excluding hydrogens is 272 g/mol. The predicted octanol–water partition coefficient (Wildman–Crippen LogP) is 3.00. The van der Waals surface area contributed by atoms with E-state index in [-0.39, 0.29) is 12.1 Å². The highest BCUT2D eigenvalue weighted by atomic mass is 32.1. The molecular formula is C14H22N4OS. The van der Waals surface area contributed by atoms with Gasteiger partial charge >= 0.3 is 0 Å². The smallest absolute Gasteiger partial charge is 0.226 e. The molecule has 1 atom stereocenters. The molecule has 0 aliphatic heterocycles. The van der Waals surface area contributed by atoms with Gasteiger partial charge in [0.25, 0.3) is 0 Å². The first-order chi connectivity index (χ1) is 9.51. The summed E-state index contributed by atoms with van der Waals surface area (Å²) in [6.45, 7) is 8.96. The average molecular weight is 294 g/mol. The van der Waals surface area contributed by atoms with E-state index in [1.807, 2.05) is 20.8 Å². The fourth-order valence-electron chi connectivity index (χ4n) is 1.90. The van der Waals surface area contributed by atoms with Gasteiger partial charge in [0, 0.05) is 11.4 Å². The van der Waals surface area contributed by atoms with Gasteiger partial charge in [0.2, 0.25) is 5.95 Å². The Morgan fingerprint density at radius 3 is 2.70 bits per heavy atom. The Morgan fingerprint density at radius 2 is 2.10 bits per heavy atom. The third-order valence-electron chi connectivity index (χ3n) is 3.40. The van der Waals surface area contributed by atoms with Gasteiger partial charge in [0.05, 0.1) is 17.5 Å². The number of rotatable bonds is 6. The maximum absolute atomic E-state index is 9.58. The molecule has 0 saturated heterocycles. The fourth-order valence-corrected chi connectivity index (χ4v) is 2.78. The molecule has 0 amide bonds. The molecule has 5 nitrogen and oxygen atoms in total. The average Bonchev–Trinajstić information content (AvgIpc) is 2.80. The second-order valence-electron chi connectivity index (χ2n) is 5.20. The lowest BCUT2D eigenvalue weighted by Crippen LogP contribution is -2.38. The maximum Gasteiger partial charge on any atom is 0.226 e. The number of fused-ring (bicyclic) bond motifs is 1. The normalized spacial score (nSPS) is 14.2. The van der Waals surface area contributed by atoms with E-state index in [0.717, 1.165) is 29.0 Å². The molecule has 0 aromatic carbocycles. The van der Waals surface area contributed by atoms with Crippen LogP contribution in [0.15, 0.2) is 6.07 Å². The Bertz CT molecular complexity index is 592. The Morgan fingerprint density at radius 1 is 1.35 bits per heavy atom. The topological polar surface area (TPSA) is 70.1 Å². The Labute approximate surface area is 123 Å². The van der Waals surface area contributed by atoms with Crippen molar-refractivity contribution in [2.24, 2.45) is 0 Å². The van der Waals surface area contributed by atoms with Crippen molar-refractivity contribution in [3.63, 3.8) is 0 Å². The van der Waals surface area contributed by atoms with Crippen molar-refractivity contribution in [1.82, 2.24) is 9.97 Å². The van der Waals surface area contributed by atoms with Crippen LogP contribution in [0.3, 0.4) is 0 Å². The minimum Gasteiger partial charge on any atom is -0.394 e. The SMILES string of the molecule is CCNc1nc(NC(C)(CC)CO)c2cc(C)sc2n1. The summed E-state index contributed by atoms with van der Waals surface area (Å²) < 4.78 is 0. The summed E-state index contributed by atoms with van der Waals surface area (Å²) in [5.74, 6) is 1.41. The van der Waals surface area contributed by atoms with E-state index in [0.29, 0.717) is 5.95 Å². The summed E-state index contributed by atoms with van der Waals surface area (Å²) in [4.78, 5) is 11.2. The predicted molar refractivity (Wildman–Crippen MR) is 85.7 cm³/mol. The third-order valence-corrected chi connectivity index (χ3v) is 4.34. The lowest BCUT2D eigenvalue weighted by molar-refractivity contribution is 0.218. The number of anilines is 2. The number of hydrogen-bond donors (Lipinski definition) is 3. The zero-order chi connectivity index (χ0) is 14.8. The summed E-state index contributed by atoms with van der Waals surface area (Å²) in [6.07, 6.45) is 0.814. The van der Waals surface area contributed by atoms with Crippen LogP contribution >= 0.6 is 11.3 Å². The van der Waals surface area contributed by atoms with Crippen LogP contribution in [-0.4, -0.2) is 33.8 Å². The van der Waals surface area contributed by atoms with Crippen molar-refractivity contribution in [3.8, 4) is 0 Å². The summed E-state index contributed by atoms with van der Waals surface area (Å²) in [5.41, 5.74) is -0.374. The zero-order valence-corrected chi connectivity index (χ0v) is 13.3. The molecule has 20 heavy (non-hydrogen) atoms. The van der Waals surface area contributed by atoms with Gasteiger partial charge in [-0.1, -0.05) is 6.92 Å². The Balaban J connectivity index is 2.48. The number of thiophene rings is 1. The number of aliphatic hydroxyl groups is 1. The van der Waals surface area contributed by atoms with Crippen molar-refractivity contribution in [2.45, 2.75) is 39.7 Å². The number of aromatic nitrogens is 2. The third kappa shape index (κ3) is 3.02. The lowest BCUT2D eigenvalue weighted by Gasteiger charge is -2.28. The first-order valence-electron chi connectivity index (χ1n) is 6.92. The van der Waals surface area contributed by atoms with Gasteiger partial charge < -0.3 is 15.7 Å². The molecule has 3 N–H and O–H groups in total. The number of nitrogens with zero attached hydrogens (tertiary/aromatic N) is 2. The van der Waals surface area contributed by atoms with Crippen LogP contribution in [0, 0.1) is 6.92 Å². The van der Waals surface area contributed by atoms with Gasteiger partial charge in [0.1, 0.15) is 10.6 Å². The highest BCUT2D eigenvalue weighted by molar-refractivity contribution is 7.18. The van der Waals surface area contributed by atoms with E-state index < -0.39 is 0 Å². The highest BCUT2D eigenvalue weighted by Gasteiger charge is 2.23. The summed E-state index contributed by atoms with van der Waals surface area (Å²) in [6, 6.07) is 2.09. The summed E-state index contributed by atoms with van der Waals surface area (Å²) in [7, 11) is 0. The number of aryl methyl sites for hydroxylation is 1. The van der Waals surface area contributed by atoms with Crippen molar-refractivity contribution < 1.29 is 5.11 Å². The monoisotopic (exact) mass is 294 g/mol. The van der Waals surface area contributed by atoms with Crippen LogP contribution < -0.4 is 10.6 Å².